The Kier molecular flexibility index (Phi) is 6.64. The predicted octanol–water partition coefficient (Wildman–Crippen LogP) is 2.32. The zero-order chi connectivity index (χ0) is 20.2. The molecule has 1 aliphatic carbocycles. The van der Waals surface area contributed by atoms with Crippen LogP contribution in [-0.2, 0) is 19.6 Å². The Morgan fingerprint density at radius 3 is 2.19 bits per heavy atom. The summed E-state index contributed by atoms with van der Waals surface area (Å²) in [6.07, 6.45) is 4.98. The fourth-order valence-electron chi connectivity index (χ4n) is 3.25. The number of rotatable bonds is 6. The maximum atomic E-state index is 12.8. The van der Waals surface area contributed by atoms with Crippen LogP contribution < -0.4 is 5.32 Å². The molecule has 0 heterocycles. The SMILES string of the molecule is COC(=O)C(C)(C)NC(=O)c1ccc(S(=O)(=O)N(C)C2CCCCC2)cc1. The largest absolute Gasteiger partial charge is 0.467 e. The van der Waals surface area contributed by atoms with Crippen molar-refractivity contribution >= 4 is 21.9 Å². The minimum atomic E-state index is -3.61. The molecular weight excluding hydrogens is 368 g/mol. The molecule has 1 saturated carbocycles. The van der Waals surface area contributed by atoms with Gasteiger partial charge in [0.05, 0.1) is 12.0 Å². The average molecular weight is 397 g/mol. The summed E-state index contributed by atoms with van der Waals surface area (Å²) in [6.45, 7) is 3.07. The van der Waals surface area contributed by atoms with Gasteiger partial charge in [-0.05, 0) is 51.0 Å². The summed E-state index contributed by atoms with van der Waals surface area (Å²) in [6, 6.07) is 5.77. The van der Waals surface area contributed by atoms with Crippen LogP contribution in [0, 0.1) is 0 Å². The summed E-state index contributed by atoms with van der Waals surface area (Å²) in [4.78, 5) is 24.2. The number of nitrogens with zero attached hydrogens (tertiary/aromatic N) is 1. The van der Waals surface area contributed by atoms with Crippen molar-refractivity contribution in [2.75, 3.05) is 14.2 Å². The topological polar surface area (TPSA) is 92.8 Å². The fourth-order valence-corrected chi connectivity index (χ4v) is 4.66. The molecule has 1 aromatic carbocycles. The van der Waals surface area contributed by atoms with Gasteiger partial charge in [0.25, 0.3) is 5.91 Å². The lowest BCUT2D eigenvalue weighted by Crippen LogP contribution is -2.50. The average Bonchev–Trinajstić information content (AvgIpc) is 2.67. The molecular formula is C19H28N2O5S. The molecule has 1 fully saturated rings. The summed E-state index contributed by atoms with van der Waals surface area (Å²) in [5, 5.41) is 2.58. The zero-order valence-corrected chi connectivity index (χ0v) is 17.1. The van der Waals surface area contributed by atoms with Crippen LogP contribution in [0.5, 0.6) is 0 Å². The number of benzene rings is 1. The second-order valence-corrected chi connectivity index (χ2v) is 9.41. The van der Waals surface area contributed by atoms with E-state index in [-0.39, 0.29) is 16.5 Å². The van der Waals surface area contributed by atoms with E-state index >= 15 is 0 Å². The van der Waals surface area contributed by atoms with Crippen molar-refractivity contribution in [3.63, 3.8) is 0 Å². The van der Waals surface area contributed by atoms with Crippen LogP contribution in [0.1, 0.15) is 56.3 Å². The maximum Gasteiger partial charge on any atom is 0.330 e. The first kappa shape index (κ1) is 21.4. The van der Waals surface area contributed by atoms with E-state index in [1.54, 1.807) is 7.05 Å². The molecule has 8 heteroatoms. The Balaban J connectivity index is 2.13. The number of carbonyl (C=O) groups excluding carboxylic acids is 2. The van der Waals surface area contributed by atoms with Gasteiger partial charge >= 0.3 is 5.97 Å². The van der Waals surface area contributed by atoms with E-state index in [4.69, 9.17) is 0 Å². The van der Waals surface area contributed by atoms with Crippen LogP contribution >= 0.6 is 0 Å². The van der Waals surface area contributed by atoms with Gasteiger partial charge in [0.1, 0.15) is 5.54 Å². The second-order valence-electron chi connectivity index (χ2n) is 7.41. The van der Waals surface area contributed by atoms with Crippen molar-refractivity contribution in [1.29, 1.82) is 0 Å². The Morgan fingerprint density at radius 2 is 1.67 bits per heavy atom. The Bertz CT molecular complexity index is 781. The molecule has 0 aromatic heterocycles. The molecule has 2 rings (SSSR count). The lowest BCUT2D eigenvalue weighted by Gasteiger charge is -2.30. The van der Waals surface area contributed by atoms with Gasteiger partial charge in [0, 0.05) is 18.7 Å². The van der Waals surface area contributed by atoms with Crippen molar-refractivity contribution < 1.29 is 22.7 Å². The Morgan fingerprint density at radius 1 is 1.11 bits per heavy atom. The highest BCUT2D eigenvalue weighted by Crippen LogP contribution is 2.26. The molecule has 7 nitrogen and oxygen atoms in total. The Hall–Kier alpha value is -1.93. The van der Waals surface area contributed by atoms with Crippen LogP contribution in [-0.4, -0.2) is 50.3 Å². The van der Waals surface area contributed by atoms with E-state index in [9.17, 15) is 18.0 Å². The monoisotopic (exact) mass is 396 g/mol. The number of nitrogens with one attached hydrogen (secondary N) is 1. The van der Waals surface area contributed by atoms with Crippen LogP contribution in [0.4, 0.5) is 0 Å². The first-order valence-corrected chi connectivity index (χ1v) is 10.5. The molecule has 0 bridgehead atoms. The normalized spacial score (nSPS) is 16.2. The van der Waals surface area contributed by atoms with Crippen molar-refractivity contribution in [2.24, 2.45) is 0 Å². The van der Waals surface area contributed by atoms with Crippen LogP contribution in [0.15, 0.2) is 29.2 Å². The molecule has 1 aliphatic rings. The maximum absolute atomic E-state index is 12.8. The third-order valence-electron chi connectivity index (χ3n) is 5.00. The highest BCUT2D eigenvalue weighted by molar-refractivity contribution is 7.89. The van der Waals surface area contributed by atoms with Gasteiger partial charge in [-0.3, -0.25) is 4.79 Å². The van der Waals surface area contributed by atoms with E-state index in [1.165, 1.54) is 49.5 Å². The van der Waals surface area contributed by atoms with Gasteiger partial charge in [-0.15, -0.1) is 0 Å². The minimum Gasteiger partial charge on any atom is -0.467 e. The van der Waals surface area contributed by atoms with Crippen LogP contribution in [0.3, 0.4) is 0 Å². The molecule has 1 aromatic rings. The zero-order valence-electron chi connectivity index (χ0n) is 16.3. The highest BCUT2D eigenvalue weighted by Gasteiger charge is 2.32. The van der Waals surface area contributed by atoms with Crippen LogP contribution in [0.25, 0.3) is 0 Å². The third-order valence-corrected chi connectivity index (χ3v) is 6.93. The van der Waals surface area contributed by atoms with Crippen molar-refractivity contribution in [1.82, 2.24) is 9.62 Å². The number of sulfonamides is 1. The van der Waals surface area contributed by atoms with Crippen molar-refractivity contribution in [3.05, 3.63) is 29.8 Å². The molecule has 0 radical (unpaired) electrons. The van der Waals surface area contributed by atoms with Gasteiger partial charge in [-0.25, -0.2) is 13.2 Å². The van der Waals surface area contributed by atoms with E-state index in [0.717, 1.165) is 32.1 Å². The molecule has 1 amide bonds. The summed E-state index contributed by atoms with van der Waals surface area (Å²) >= 11 is 0. The summed E-state index contributed by atoms with van der Waals surface area (Å²) in [5.74, 6) is -1.04. The van der Waals surface area contributed by atoms with Gasteiger partial charge in [-0.1, -0.05) is 19.3 Å². The summed E-state index contributed by atoms with van der Waals surface area (Å²) < 4.78 is 31.8. The molecule has 0 aliphatic heterocycles. The van der Waals surface area contributed by atoms with E-state index < -0.39 is 27.4 Å². The van der Waals surface area contributed by atoms with Crippen LogP contribution in [0.2, 0.25) is 0 Å². The highest BCUT2D eigenvalue weighted by atomic mass is 32.2. The smallest absolute Gasteiger partial charge is 0.330 e. The molecule has 0 unspecified atom stereocenters. The second kappa shape index (κ2) is 8.39. The summed E-state index contributed by atoms with van der Waals surface area (Å²) in [5.41, 5.74) is -0.913. The fraction of sp³-hybridized carbons (Fsp3) is 0.579. The van der Waals surface area contributed by atoms with Gasteiger partial charge in [0.2, 0.25) is 10.0 Å². The molecule has 27 heavy (non-hydrogen) atoms. The predicted molar refractivity (Wildman–Crippen MR) is 102 cm³/mol. The molecule has 0 atom stereocenters. The number of methoxy groups -OCH3 is 1. The number of carbonyl (C=O) groups is 2. The lowest BCUT2D eigenvalue weighted by atomic mass is 9.96. The number of esters is 1. The van der Waals surface area contributed by atoms with Crippen molar-refractivity contribution in [3.8, 4) is 0 Å². The quantitative estimate of drug-likeness (QED) is 0.745. The first-order valence-electron chi connectivity index (χ1n) is 9.08. The Labute approximate surface area is 161 Å². The van der Waals surface area contributed by atoms with E-state index in [0.29, 0.717) is 0 Å². The molecule has 0 spiro atoms. The molecule has 1 N–H and O–H groups in total. The molecule has 150 valence electrons. The molecule has 0 saturated heterocycles. The first-order chi connectivity index (χ1) is 12.6. The summed E-state index contributed by atoms with van der Waals surface area (Å²) in [7, 11) is -0.741. The van der Waals surface area contributed by atoms with Gasteiger partial charge in [0.15, 0.2) is 0 Å². The van der Waals surface area contributed by atoms with Gasteiger partial charge < -0.3 is 10.1 Å². The number of ether oxygens (including phenoxy) is 1. The number of hydrogen-bond donors (Lipinski definition) is 1. The van der Waals surface area contributed by atoms with E-state index in [2.05, 4.69) is 10.1 Å². The standard InChI is InChI=1S/C19H28N2O5S/c1-19(2,18(23)26-4)20-17(22)14-10-12-16(13-11-14)27(24,25)21(3)15-8-6-5-7-9-15/h10-13,15H,5-9H2,1-4H3,(H,20,22). The van der Waals surface area contributed by atoms with Gasteiger partial charge in [-0.2, -0.15) is 4.31 Å². The van der Waals surface area contributed by atoms with E-state index in [1.807, 2.05) is 0 Å². The lowest BCUT2D eigenvalue weighted by molar-refractivity contribution is -0.146. The third kappa shape index (κ3) is 4.87. The number of hydrogen-bond acceptors (Lipinski definition) is 5. The number of amides is 1. The van der Waals surface area contributed by atoms with Crippen molar-refractivity contribution in [2.45, 2.75) is 62.4 Å². The minimum absolute atomic E-state index is 0.0209.